The summed E-state index contributed by atoms with van der Waals surface area (Å²) in [5, 5.41) is 6.31. The first-order chi connectivity index (χ1) is 12.4. The number of rotatable bonds is 5. The van der Waals surface area contributed by atoms with E-state index in [1.165, 1.54) is 10.8 Å². The molecule has 3 aromatic rings. The lowest BCUT2D eigenvalue weighted by atomic mass is 10.1. The number of amides is 1. The highest BCUT2D eigenvalue weighted by molar-refractivity contribution is 8.00. The molecule has 0 spiro atoms. The van der Waals surface area contributed by atoms with Crippen molar-refractivity contribution in [3.63, 3.8) is 0 Å². The van der Waals surface area contributed by atoms with Gasteiger partial charge < -0.3 is 5.32 Å². The fraction of sp³-hybridized carbons (Fsp3) is 0.190. The van der Waals surface area contributed by atoms with Crippen LogP contribution in [0.2, 0.25) is 10.0 Å². The summed E-state index contributed by atoms with van der Waals surface area (Å²) >= 11 is 13.7. The van der Waals surface area contributed by atoms with Gasteiger partial charge in [-0.3, -0.25) is 4.79 Å². The SMILES string of the molecule is C[C@@H](Sc1ccc2ccccc2c1)C(=O)N[C@H](C)c1ccc(Cl)cc1Cl. The van der Waals surface area contributed by atoms with E-state index in [1.807, 2.05) is 32.0 Å². The van der Waals surface area contributed by atoms with E-state index in [9.17, 15) is 4.79 Å². The van der Waals surface area contributed by atoms with Gasteiger partial charge in [0.05, 0.1) is 11.3 Å². The Kier molecular flexibility index (Phi) is 6.13. The van der Waals surface area contributed by atoms with Gasteiger partial charge in [0, 0.05) is 14.9 Å². The van der Waals surface area contributed by atoms with Crippen LogP contribution in [0, 0.1) is 0 Å². The zero-order chi connectivity index (χ0) is 18.7. The minimum absolute atomic E-state index is 0.0262. The first-order valence-corrected chi connectivity index (χ1v) is 9.98. The standard InChI is InChI=1S/C21H19Cl2NOS/c1-13(19-10-8-17(22)12-20(19)23)24-21(25)14(2)26-18-9-7-15-5-3-4-6-16(15)11-18/h3-14H,1-2H3,(H,24,25)/t13-,14-/m1/s1. The summed E-state index contributed by atoms with van der Waals surface area (Å²) in [5.74, 6) is -0.0262. The molecule has 0 aliphatic carbocycles. The quantitative estimate of drug-likeness (QED) is 0.492. The molecule has 0 saturated carbocycles. The van der Waals surface area contributed by atoms with Gasteiger partial charge in [0.15, 0.2) is 0 Å². The van der Waals surface area contributed by atoms with E-state index in [2.05, 4.69) is 35.6 Å². The Morgan fingerprint density at radius 3 is 2.42 bits per heavy atom. The second kappa shape index (κ2) is 8.34. The monoisotopic (exact) mass is 403 g/mol. The zero-order valence-electron chi connectivity index (χ0n) is 14.5. The van der Waals surface area contributed by atoms with Crippen molar-refractivity contribution in [2.45, 2.75) is 30.0 Å². The number of benzene rings is 3. The van der Waals surface area contributed by atoms with E-state index in [1.54, 1.807) is 23.9 Å². The minimum Gasteiger partial charge on any atom is -0.349 e. The molecule has 3 rings (SSSR count). The molecular weight excluding hydrogens is 385 g/mol. The van der Waals surface area contributed by atoms with Crippen LogP contribution in [-0.4, -0.2) is 11.2 Å². The van der Waals surface area contributed by atoms with E-state index in [0.29, 0.717) is 10.0 Å². The maximum Gasteiger partial charge on any atom is 0.233 e. The van der Waals surface area contributed by atoms with E-state index in [-0.39, 0.29) is 17.2 Å². The first kappa shape index (κ1) is 19.1. The molecule has 134 valence electrons. The molecule has 5 heteroatoms. The maximum absolute atomic E-state index is 12.6. The molecular formula is C21H19Cl2NOS. The second-order valence-corrected chi connectivity index (χ2v) is 8.42. The fourth-order valence-electron chi connectivity index (χ4n) is 2.76. The number of nitrogens with one attached hydrogen (secondary N) is 1. The Bertz CT molecular complexity index is 944. The van der Waals surface area contributed by atoms with Crippen LogP contribution in [0.25, 0.3) is 10.8 Å². The lowest BCUT2D eigenvalue weighted by Gasteiger charge is -2.19. The lowest BCUT2D eigenvalue weighted by Crippen LogP contribution is -2.33. The smallest absolute Gasteiger partial charge is 0.233 e. The largest absolute Gasteiger partial charge is 0.349 e. The zero-order valence-corrected chi connectivity index (χ0v) is 16.8. The third-order valence-corrected chi connectivity index (χ3v) is 5.85. The molecule has 2 nitrogen and oxygen atoms in total. The average Bonchev–Trinajstić information content (AvgIpc) is 2.61. The van der Waals surface area contributed by atoms with Crippen molar-refractivity contribution in [2.75, 3.05) is 0 Å². The minimum atomic E-state index is -0.218. The summed E-state index contributed by atoms with van der Waals surface area (Å²) in [6.45, 7) is 3.83. The number of hydrogen-bond acceptors (Lipinski definition) is 2. The Morgan fingerprint density at radius 1 is 0.962 bits per heavy atom. The van der Waals surface area contributed by atoms with Crippen molar-refractivity contribution < 1.29 is 4.79 Å². The normalized spacial score (nSPS) is 13.4. The summed E-state index contributed by atoms with van der Waals surface area (Å²) in [5.41, 5.74) is 0.854. The van der Waals surface area contributed by atoms with Gasteiger partial charge in [-0.25, -0.2) is 0 Å². The molecule has 0 aliphatic heterocycles. The van der Waals surface area contributed by atoms with E-state index >= 15 is 0 Å². The summed E-state index contributed by atoms with van der Waals surface area (Å²) < 4.78 is 0. The number of fused-ring (bicyclic) bond motifs is 1. The van der Waals surface area contributed by atoms with Gasteiger partial charge in [0.2, 0.25) is 5.91 Å². The predicted molar refractivity (Wildman–Crippen MR) is 112 cm³/mol. The average molecular weight is 404 g/mol. The molecule has 0 saturated heterocycles. The summed E-state index contributed by atoms with van der Waals surface area (Å²) in [7, 11) is 0. The number of halogens is 2. The molecule has 0 aromatic heterocycles. The van der Waals surface area contributed by atoms with Crippen LogP contribution in [-0.2, 0) is 4.79 Å². The highest BCUT2D eigenvalue weighted by Crippen LogP contribution is 2.29. The second-order valence-electron chi connectivity index (χ2n) is 6.17. The Hall–Kier alpha value is -1.68. The molecule has 0 unspecified atom stereocenters. The van der Waals surface area contributed by atoms with Crippen molar-refractivity contribution in [2.24, 2.45) is 0 Å². The number of carbonyl (C=O) groups is 1. The van der Waals surface area contributed by atoms with Gasteiger partial charge in [-0.1, -0.05) is 59.6 Å². The van der Waals surface area contributed by atoms with Crippen molar-refractivity contribution in [1.82, 2.24) is 5.32 Å². The van der Waals surface area contributed by atoms with Gasteiger partial charge in [-0.2, -0.15) is 0 Å². The molecule has 2 atom stereocenters. The fourth-order valence-corrected chi connectivity index (χ4v) is 4.26. The van der Waals surface area contributed by atoms with Crippen LogP contribution in [0.5, 0.6) is 0 Å². The molecule has 3 aromatic carbocycles. The van der Waals surface area contributed by atoms with Crippen molar-refractivity contribution in [1.29, 1.82) is 0 Å². The number of thioether (sulfide) groups is 1. The molecule has 0 fully saturated rings. The maximum atomic E-state index is 12.6. The van der Waals surface area contributed by atoms with Crippen molar-refractivity contribution >= 4 is 51.6 Å². The van der Waals surface area contributed by atoms with Crippen LogP contribution in [0.15, 0.2) is 65.6 Å². The highest BCUT2D eigenvalue weighted by Gasteiger charge is 2.19. The first-order valence-electron chi connectivity index (χ1n) is 8.35. The summed E-state index contributed by atoms with van der Waals surface area (Å²) in [6.07, 6.45) is 0. The third-order valence-electron chi connectivity index (χ3n) is 4.19. The van der Waals surface area contributed by atoms with Gasteiger partial charge in [0.25, 0.3) is 0 Å². The molecule has 0 aliphatic rings. The summed E-state index contributed by atoms with van der Waals surface area (Å²) in [6, 6.07) is 19.6. The van der Waals surface area contributed by atoms with E-state index < -0.39 is 0 Å². The third kappa shape index (κ3) is 4.53. The molecule has 1 N–H and O–H groups in total. The van der Waals surface area contributed by atoms with Gasteiger partial charge in [-0.05, 0) is 54.4 Å². The van der Waals surface area contributed by atoms with Crippen LogP contribution in [0.4, 0.5) is 0 Å². The molecule has 26 heavy (non-hydrogen) atoms. The predicted octanol–water partition coefficient (Wildman–Crippen LogP) is 6.50. The van der Waals surface area contributed by atoms with Crippen LogP contribution in [0.1, 0.15) is 25.5 Å². The van der Waals surface area contributed by atoms with E-state index in [0.717, 1.165) is 10.5 Å². The van der Waals surface area contributed by atoms with Gasteiger partial charge in [-0.15, -0.1) is 11.8 Å². The Balaban J connectivity index is 1.66. The van der Waals surface area contributed by atoms with Crippen LogP contribution < -0.4 is 5.32 Å². The van der Waals surface area contributed by atoms with Crippen LogP contribution in [0.3, 0.4) is 0 Å². The van der Waals surface area contributed by atoms with E-state index in [4.69, 9.17) is 23.2 Å². The molecule has 0 radical (unpaired) electrons. The Labute approximate surface area is 167 Å². The summed E-state index contributed by atoms with van der Waals surface area (Å²) in [4.78, 5) is 13.6. The molecule has 1 amide bonds. The topological polar surface area (TPSA) is 29.1 Å². The van der Waals surface area contributed by atoms with Gasteiger partial charge >= 0.3 is 0 Å². The van der Waals surface area contributed by atoms with Crippen LogP contribution >= 0.6 is 35.0 Å². The van der Waals surface area contributed by atoms with Crippen molar-refractivity contribution in [3.8, 4) is 0 Å². The van der Waals surface area contributed by atoms with Crippen molar-refractivity contribution in [3.05, 3.63) is 76.3 Å². The number of carbonyl (C=O) groups excluding carboxylic acids is 1. The lowest BCUT2D eigenvalue weighted by molar-refractivity contribution is -0.120. The van der Waals surface area contributed by atoms with Gasteiger partial charge in [0.1, 0.15) is 0 Å². The highest BCUT2D eigenvalue weighted by atomic mass is 35.5. The number of hydrogen-bond donors (Lipinski definition) is 1. The molecule has 0 heterocycles. The Morgan fingerprint density at radius 2 is 1.69 bits per heavy atom. The molecule has 0 bridgehead atoms.